The number of carbonyl (C=O) groups is 3. The average Bonchev–Trinajstić information content (AvgIpc) is 3.09. The number of nitrogens with one attached hydrogen (secondary N) is 1. The van der Waals surface area contributed by atoms with E-state index in [4.69, 9.17) is 0 Å². The second kappa shape index (κ2) is 8.17. The van der Waals surface area contributed by atoms with Crippen molar-refractivity contribution in [3.63, 3.8) is 0 Å². The highest BCUT2D eigenvalue weighted by molar-refractivity contribution is 7.90. The first kappa shape index (κ1) is 20.1. The Kier molecular flexibility index (Phi) is 5.87. The highest BCUT2D eigenvalue weighted by Crippen LogP contribution is 2.28. The minimum atomic E-state index is -3.83. The quantitative estimate of drug-likeness (QED) is 0.766. The molecule has 1 saturated heterocycles. The van der Waals surface area contributed by atoms with Crippen LogP contribution < -0.4 is 5.32 Å². The molecule has 1 aliphatic heterocycles. The first-order valence-corrected chi connectivity index (χ1v) is 10.7. The van der Waals surface area contributed by atoms with Gasteiger partial charge in [-0.25, -0.2) is 32.0 Å². The monoisotopic (exact) mass is 409 g/mol. The van der Waals surface area contributed by atoms with Crippen LogP contribution in [0.3, 0.4) is 0 Å². The van der Waals surface area contributed by atoms with Gasteiger partial charge in [-0.3, -0.25) is 0 Å². The number of rotatable bonds is 5. The van der Waals surface area contributed by atoms with Gasteiger partial charge in [0.1, 0.15) is 0 Å². The van der Waals surface area contributed by atoms with Gasteiger partial charge in [0.2, 0.25) is 10.0 Å². The Bertz CT molecular complexity index is 851. The summed E-state index contributed by atoms with van der Waals surface area (Å²) in [5, 5.41) is 11.1. The van der Waals surface area contributed by atoms with Gasteiger partial charge < -0.3 is 10.4 Å². The molecule has 3 rings (SSSR count). The van der Waals surface area contributed by atoms with Crippen LogP contribution in [0.2, 0.25) is 0 Å². The Morgan fingerprint density at radius 3 is 2.32 bits per heavy atom. The summed E-state index contributed by atoms with van der Waals surface area (Å²) in [5.41, 5.74) is 0.349. The summed E-state index contributed by atoms with van der Waals surface area (Å²) in [6.07, 6.45) is 3.59. The van der Waals surface area contributed by atoms with Crippen molar-refractivity contribution < 1.29 is 27.9 Å². The van der Waals surface area contributed by atoms with Crippen LogP contribution in [0.4, 0.5) is 9.59 Å². The van der Waals surface area contributed by atoms with Crippen molar-refractivity contribution in [2.45, 2.75) is 43.4 Å². The van der Waals surface area contributed by atoms with Crippen molar-refractivity contribution in [2.75, 3.05) is 13.1 Å². The SMILES string of the molecule is O=C(O)C(NC(=O)N1CCN(S(=O)(=O)C2CCCCC2)C1=O)c1ccccc1. The minimum Gasteiger partial charge on any atom is -0.479 e. The number of hydrogen-bond acceptors (Lipinski definition) is 5. The van der Waals surface area contributed by atoms with Crippen molar-refractivity contribution >= 4 is 28.1 Å². The zero-order valence-electron chi connectivity index (χ0n) is 15.3. The predicted octanol–water partition coefficient (Wildman–Crippen LogP) is 1.92. The van der Waals surface area contributed by atoms with Crippen LogP contribution in [0, 0.1) is 0 Å². The Labute approximate surface area is 163 Å². The number of carboxylic acids is 1. The number of sulfonamides is 1. The maximum absolute atomic E-state index is 12.8. The fourth-order valence-electron chi connectivity index (χ4n) is 3.62. The first-order valence-electron chi connectivity index (χ1n) is 9.23. The highest BCUT2D eigenvalue weighted by atomic mass is 32.2. The van der Waals surface area contributed by atoms with Crippen LogP contribution in [-0.2, 0) is 14.8 Å². The third kappa shape index (κ3) is 3.96. The van der Waals surface area contributed by atoms with Gasteiger partial charge in [-0.1, -0.05) is 49.6 Å². The summed E-state index contributed by atoms with van der Waals surface area (Å²) >= 11 is 0. The van der Waals surface area contributed by atoms with E-state index in [1.165, 1.54) is 0 Å². The van der Waals surface area contributed by atoms with Gasteiger partial charge in [-0.05, 0) is 18.4 Å². The Morgan fingerprint density at radius 1 is 1.07 bits per heavy atom. The lowest BCUT2D eigenvalue weighted by Crippen LogP contribution is -2.47. The van der Waals surface area contributed by atoms with E-state index in [0.29, 0.717) is 18.4 Å². The molecule has 2 fully saturated rings. The summed E-state index contributed by atoms with van der Waals surface area (Å²) in [7, 11) is -3.83. The van der Waals surface area contributed by atoms with Crippen LogP contribution in [0.25, 0.3) is 0 Å². The molecule has 10 heteroatoms. The molecule has 0 aromatic heterocycles. The van der Waals surface area contributed by atoms with Crippen molar-refractivity contribution in [1.29, 1.82) is 0 Å². The van der Waals surface area contributed by atoms with Gasteiger partial charge in [0.05, 0.1) is 18.3 Å². The van der Waals surface area contributed by atoms with Crippen molar-refractivity contribution in [3.8, 4) is 0 Å². The molecule has 1 saturated carbocycles. The largest absolute Gasteiger partial charge is 0.479 e. The summed E-state index contributed by atoms with van der Waals surface area (Å²) in [6, 6.07) is 4.87. The summed E-state index contributed by atoms with van der Waals surface area (Å²) in [4.78, 5) is 37.4. The third-order valence-corrected chi connectivity index (χ3v) is 7.41. The normalized spacial score (nSPS) is 19.5. The standard InChI is InChI=1S/C18H23N3O6S/c22-16(23)15(13-7-3-1-4-8-13)19-17(24)20-11-12-21(18(20)25)28(26,27)14-9-5-2-6-10-14/h1,3-4,7-8,14-15H,2,5-6,9-12H2,(H,19,24)(H,22,23). The van der Waals surface area contributed by atoms with E-state index in [9.17, 15) is 27.9 Å². The van der Waals surface area contributed by atoms with Gasteiger partial charge >= 0.3 is 18.0 Å². The van der Waals surface area contributed by atoms with Crippen molar-refractivity contribution in [1.82, 2.24) is 14.5 Å². The second-order valence-electron chi connectivity index (χ2n) is 6.94. The molecule has 0 spiro atoms. The molecule has 1 aliphatic carbocycles. The molecule has 4 amide bonds. The molecule has 2 aliphatic rings. The smallest absolute Gasteiger partial charge is 0.341 e. The zero-order valence-corrected chi connectivity index (χ0v) is 16.1. The zero-order chi connectivity index (χ0) is 20.3. The first-order chi connectivity index (χ1) is 13.3. The van der Waals surface area contributed by atoms with Gasteiger partial charge in [-0.2, -0.15) is 0 Å². The van der Waals surface area contributed by atoms with Crippen LogP contribution >= 0.6 is 0 Å². The molecule has 28 heavy (non-hydrogen) atoms. The molecule has 1 heterocycles. The number of aliphatic carboxylic acids is 1. The number of imide groups is 1. The van der Waals surface area contributed by atoms with E-state index in [1.807, 2.05) is 0 Å². The molecule has 1 unspecified atom stereocenters. The number of nitrogens with zero attached hydrogens (tertiary/aromatic N) is 2. The maximum atomic E-state index is 12.8. The molecule has 0 radical (unpaired) electrons. The summed E-state index contributed by atoms with van der Waals surface area (Å²) in [6.45, 7) is -0.230. The van der Waals surface area contributed by atoms with Crippen LogP contribution in [-0.4, -0.2) is 59.1 Å². The fraction of sp³-hybridized carbons (Fsp3) is 0.500. The number of carbonyl (C=O) groups excluding carboxylic acids is 2. The molecule has 2 N–H and O–H groups in total. The van der Waals surface area contributed by atoms with Crippen LogP contribution in [0.5, 0.6) is 0 Å². The Morgan fingerprint density at radius 2 is 1.71 bits per heavy atom. The summed E-state index contributed by atoms with van der Waals surface area (Å²) in [5.74, 6) is -1.28. The van der Waals surface area contributed by atoms with E-state index >= 15 is 0 Å². The van der Waals surface area contributed by atoms with Crippen LogP contribution in [0.1, 0.15) is 43.7 Å². The molecule has 1 aromatic rings. The number of amides is 4. The summed E-state index contributed by atoms with van der Waals surface area (Å²) < 4.78 is 26.3. The van der Waals surface area contributed by atoms with Crippen molar-refractivity contribution in [3.05, 3.63) is 35.9 Å². The van der Waals surface area contributed by atoms with E-state index in [-0.39, 0.29) is 13.1 Å². The molecule has 1 aromatic carbocycles. The molecule has 9 nitrogen and oxygen atoms in total. The lowest BCUT2D eigenvalue weighted by atomic mass is 10.0. The van der Waals surface area contributed by atoms with Gasteiger partial charge in [-0.15, -0.1) is 0 Å². The highest BCUT2D eigenvalue weighted by Gasteiger charge is 2.44. The molecular weight excluding hydrogens is 386 g/mol. The van der Waals surface area contributed by atoms with E-state index < -0.39 is 39.3 Å². The van der Waals surface area contributed by atoms with Crippen LogP contribution in [0.15, 0.2) is 30.3 Å². The lowest BCUT2D eigenvalue weighted by Gasteiger charge is -2.26. The molecule has 0 bridgehead atoms. The maximum Gasteiger partial charge on any atom is 0.341 e. The van der Waals surface area contributed by atoms with E-state index in [0.717, 1.165) is 28.5 Å². The van der Waals surface area contributed by atoms with E-state index in [2.05, 4.69) is 5.32 Å². The van der Waals surface area contributed by atoms with Gasteiger partial charge in [0, 0.05) is 0 Å². The molecule has 1 atom stereocenters. The molecule has 152 valence electrons. The second-order valence-corrected chi connectivity index (χ2v) is 9.08. The minimum absolute atomic E-state index is 0.113. The third-order valence-electron chi connectivity index (χ3n) is 5.14. The number of carboxylic acid groups (broad SMARTS) is 1. The number of benzene rings is 1. The predicted molar refractivity (Wildman–Crippen MR) is 100.0 cm³/mol. The van der Waals surface area contributed by atoms with E-state index in [1.54, 1.807) is 30.3 Å². The van der Waals surface area contributed by atoms with Gasteiger partial charge in [0.25, 0.3) is 0 Å². The number of urea groups is 2. The number of hydrogen-bond donors (Lipinski definition) is 2. The fourth-order valence-corrected chi connectivity index (χ4v) is 5.56. The molecular formula is C18H23N3O6S. The Balaban J connectivity index is 1.71. The van der Waals surface area contributed by atoms with Gasteiger partial charge in [0.15, 0.2) is 6.04 Å². The van der Waals surface area contributed by atoms with Crippen molar-refractivity contribution in [2.24, 2.45) is 0 Å². The topological polar surface area (TPSA) is 124 Å². The Hall–Kier alpha value is -2.62. The lowest BCUT2D eigenvalue weighted by molar-refractivity contribution is -0.139. The average molecular weight is 409 g/mol.